The molecular formula is C12H24N2O. The molecule has 1 rings (SSSR count). The van der Waals surface area contributed by atoms with Crippen LogP contribution in [0.4, 0.5) is 0 Å². The molecule has 1 amide bonds. The highest BCUT2D eigenvalue weighted by Gasteiger charge is 2.31. The fourth-order valence-corrected chi connectivity index (χ4v) is 1.62. The molecule has 0 bridgehead atoms. The number of unbranched alkanes of at least 4 members (excludes halogenated alkanes) is 1. The molecule has 0 aromatic heterocycles. The van der Waals surface area contributed by atoms with Gasteiger partial charge in [-0.15, -0.1) is 0 Å². The molecule has 1 aliphatic rings. The minimum atomic E-state index is 0.277. The standard InChI is InChI=1S/C12H24N2O/c1-4-5-8-14(11-6-7-11)12(15)9-13-10(2)3/h10-11,13H,4-9H2,1-3H3. The lowest BCUT2D eigenvalue weighted by Gasteiger charge is -2.23. The van der Waals surface area contributed by atoms with E-state index in [1.165, 1.54) is 12.8 Å². The molecule has 3 nitrogen and oxygen atoms in total. The average Bonchev–Trinajstić information content (AvgIpc) is 2.99. The molecule has 1 aliphatic carbocycles. The van der Waals surface area contributed by atoms with Crippen LogP contribution in [0.15, 0.2) is 0 Å². The Morgan fingerprint density at radius 2 is 2.13 bits per heavy atom. The summed E-state index contributed by atoms with van der Waals surface area (Å²) in [6.07, 6.45) is 4.70. The van der Waals surface area contributed by atoms with Gasteiger partial charge in [-0.05, 0) is 19.3 Å². The number of nitrogens with one attached hydrogen (secondary N) is 1. The Morgan fingerprint density at radius 3 is 2.60 bits per heavy atom. The molecule has 0 radical (unpaired) electrons. The largest absolute Gasteiger partial charge is 0.339 e. The van der Waals surface area contributed by atoms with Gasteiger partial charge in [-0.3, -0.25) is 4.79 Å². The molecule has 1 saturated carbocycles. The van der Waals surface area contributed by atoms with Crippen molar-refractivity contribution in [2.45, 2.75) is 58.5 Å². The predicted octanol–water partition coefficient (Wildman–Crippen LogP) is 1.78. The normalized spacial score (nSPS) is 15.7. The SMILES string of the molecule is CCCCN(C(=O)CNC(C)C)C1CC1. The summed E-state index contributed by atoms with van der Waals surface area (Å²) in [5.41, 5.74) is 0. The van der Waals surface area contributed by atoms with Gasteiger partial charge in [0.1, 0.15) is 0 Å². The van der Waals surface area contributed by atoms with E-state index in [0.29, 0.717) is 18.6 Å². The minimum absolute atomic E-state index is 0.277. The molecule has 0 unspecified atom stereocenters. The highest BCUT2D eigenvalue weighted by Crippen LogP contribution is 2.27. The maximum atomic E-state index is 11.9. The predicted molar refractivity (Wildman–Crippen MR) is 62.8 cm³/mol. The van der Waals surface area contributed by atoms with E-state index in [4.69, 9.17) is 0 Å². The number of nitrogens with zero attached hydrogens (tertiary/aromatic N) is 1. The Morgan fingerprint density at radius 1 is 1.47 bits per heavy atom. The highest BCUT2D eigenvalue weighted by atomic mass is 16.2. The number of amides is 1. The minimum Gasteiger partial charge on any atom is -0.339 e. The Labute approximate surface area is 93.2 Å². The lowest BCUT2D eigenvalue weighted by Crippen LogP contribution is -2.41. The zero-order valence-electron chi connectivity index (χ0n) is 10.3. The van der Waals surface area contributed by atoms with Crippen LogP contribution in [0, 0.1) is 0 Å². The maximum Gasteiger partial charge on any atom is 0.236 e. The van der Waals surface area contributed by atoms with E-state index in [1.54, 1.807) is 0 Å². The van der Waals surface area contributed by atoms with Crippen molar-refractivity contribution in [2.75, 3.05) is 13.1 Å². The Hall–Kier alpha value is -0.570. The summed E-state index contributed by atoms with van der Waals surface area (Å²) < 4.78 is 0. The summed E-state index contributed by atoms with van der Waals surface area (Å²) in [5, 5.41) is 3.19. The molecule has 0 aromatic carbocycles. The average molecular weight is 212 g/mol. The summed E-state index contributed by atoms with van der Waals surface area (Å²) in [5.74, 6) is 0.277. The van der Waals surface area contributed by atoms with E-state index in [9.17, 15) is 4.79 Å². The molecule has 15 heavy (non-hydrogen) atoms. The zero-order valence-corrected chi connectivity index (χ0v) is 10.3. The monoisotopic (exact) mass is 212 g/mol. The van der Waals surface area contributed by atoms with E-state index in [0.717, 1.165) is 19.4 Å². The third kappa shape index (κ3) is 4.65. The second-order valence-electron chi connectivity index (χ2n) is 4.71. The van der Waals surface area contributed by atoms with E-state index < -0.39 is 0 Å². The number of carbonyl (C=O) groups excluding carboxylic acids is 1. The first-order valence-electron chi connectivity index (χ1n) is 6.18. The van der Waals surface area contributed by atoms with Gasteiger partial charge in [-0.1, -0.05) is 27.2 Å². The Balaban J connectivity index is 2.30. The number of hydrogen-bond acceptors (Lipinski definition) is 2. The van der Waals surface area contributed by atoms with Gasteiger partial charge in [0.15, 0.2) is 0 Å². The topological polar surface area (TPSA) is 32.3 Å². The van der Waals surface area contributed by atoms with Gasteiger partial charge >= 0.3 is 0 Å². The van der Waals surface area contributed by atoms with Crippen molar-refractivity contribution in [3.63, 3.8) is 0 Å². The lowest BCUT2D eigenvalue weighted by atomic mass is 10.3. The smallest absolute Gasteiger partial charge is 0.236 e. The molecule has 1 N–H and O–H groups in total. The first-order chi connectivity index (χ1) is 7.15. The molecule has 88 valence electrons. The van der Waals surface area contributed by atoms with Crippen LogP contribution in [-0.4, -0.2) is 36.0 Å². The van der Waals surface area contributed by atoms with Gasteiger partial charge in [0.25, 0.3) is 0 Å². The van der Waals surface area contributed by atoms with Crippen molar-refractivity contribution in [1.82, 2.24) is 10.2 Å². The van der Waals surface area contributed by atoms with Crippen LogP contribution >= 0.6 is 0 Å². The van der Waals surface area contributed by atoms with E-state index in [2.05, 4.69) is 31.0 Å². The van der Waals surface area contributed by atoms with Crippen LogP contribution in [0.5, 0.6) is 0 Å². The fourth-order valence-electron chi connectivity index (χ4n) is 1.62. The van der Waals surface area contributed by atoms with Crippen molar-refractivity contribution < 1.29 is 4.79 Å². The first-order valence-corrected chi connectivity index (χ1v) is 6.18. The Bertz CT molecular complexity index is 200. The van der Waals surface area contributed by atoms with Gasteiger partial charge in [0.2, 0.25) is 5.91 Å². The summed E-state index contributed by atoms with van der Waals surface area (Å²) in [4.78, 5) is 14.0. The second kappa shape index (κ2) is 6.11. The van der Waals surface area contributed by atoms with Gasteiger partial charge in [0.05, 0.1) is 6.54 Å². The van der Waals surface area contributed by atoms with E-state index in [-0.39, 0.29) is 5.91 Å². The molecule has 0 aromatic rings. The maximum absolute atomic E-state index is 11.9. The quantitative estimate of drug-likeness (QED) is 0.697. The van der Waals surface area contributed by atoms with E-state index >= 15 is 0 Å². The molecule has 0 atom stereocenters. The van der Waals surface area contributed by atoms with Crippen LogP contribution in [-0.2, 0) is 4.79 Å². The van der Waals surface area contributed by atoms with Crippen molar-refractivity contribution in [3.8, 4) is 0 Å². The van der Waals surface area contributed by atoms with Crippen molar-refractivity contribution in [1.29, 1.82) is 0 Å². The number of rotatable bonds is 7. The van der Waals surface area contributed by atoms with Crippen LogP contribution in [0.25, 0.3) is 0 Å². The van der Waals surface area contributed by atoms with E-state index in [1.807, 2.05) is 0 Å². The molecule has 0 heterocycles. The third-order valence-electron chi connectivity index (χ3n) is 2.72. The third-order valence-corrected chi connectivity index (χ3v) is 2.72. The van der Waals surface area contributed by atoms with Crippen molar-refractivity contribution in [2.24, 2.45) is 0 Å². The van der Waals surface area contributed by atoms with Crippen molar-refractivity contribution >= 4 is 5.91 Å². The van der Waals surface area contributed by atoms with Crippen LogP contribution in [0.1, 0.15) is 46.5 Å². The highest BCUT2D eigenvalue weighted by molar-refractivity contribution is 5.78. The lowest BCUT2D eigenvalue weighted by molar-refractivity contribution is -0.131. The molecule has 1 fully saturated rings. The molecule has 3 heteroatoms. The molecule has 0 saturated heterocycles. The Kier molecular flexibility index (Phi) is 5.09. The summed E-state index contributed by atoms with van der Waals surface area (Å²) in [7, 11) is 0. The number of carbonyl (C=O) groups is 1. The first kappa shape index (κ1) is 12.5. The number of hydrogen-bond donors (Lipinski definition) is 1. The zero-order chi connectivity index (χ0) is 11.3. The van der Waals surface area contributed by atoms with Gasteiger partial charge < -0.3 is 10.2 Å². The van der Waals surface area contributed by atoms with Gasteiger partial charge in [-0.2, -0.15) is 0 Å². The molecule has 0 spiro atoms. The summed E-state index contributed by atoms with van der Waals surface area (Å²) in [6, 6.07) is 0.944. The summed E-state index contributed by atoms with van der Waals surface area (Å²) >= 11 is 0. The fraction of sp³-hybridized carbons (Fsp3) is 0.917. The van der Waals surface area contributed by atoms with Gasteiger partial charge in [0, 0.05) is 18.6 Å². The van der Waals surface area contributed by atoms with Crippen LogP contribution in [0.2, 0.25) is 0 Å². The molecule has 0 aliphatic heterocycles. The second-order valence-corrected chi connectivity index (χ2v) is 4.71. The molecular weight excluding hydrogens is 188 g/mol. The van der Waals surface area contributed by atoms with Crippen molar-refractivity contribution in [3.05, 3.63) is 0 Å². The van der Waals surface area contributed by atoms with Gasteiger partial charge in [-0.25, -0.2) is 0 Å². The van der Waals surface area contributed by atoms with Crippen LogP contribution < -0.4 is 5.32 Å². The summed E-state index contributed by atoms with van der Waals surface area (Å²) in [6.45, 7) is 7.75. The van der Waals surface area contributed by atoms with Crippen LogP contribution in [0.3, 0.4) is 0 Å².